The van der Waals surface area contributed by atoms with Crippen molar-refractivity contribution in [1.29, 1.82) is 0 Å². The Kier molecular flexibility index (Phi) is 5.58. The summed E-state index contributed by atoms with van der Waals surface area (Å²) in [7, 11) is 0. The van der Waals surface area contributed by atoms with E-state index in [0.29, 0.717) is 24.7 Å². The van der Waals surface area contributed by atoms with Crippen LogP contribution in [-0.2, 0) is 6.54 Å². The van der Waals surface area contributed by atoms with Gasteiger partial charge in [-0.25, -0.2) is 0 Å². The third kappa shape index (κ3) is 3.99. The molecule has 2 aliphatic carbocycles. The van der Waals surface area contributed by atoms with Crippen LogP contribution in [0.4, 0.5) is 5.69 Å². The summed E-state index contributed by atoms with van der Waals surface area (Å²) in [4.78, 5) is 18.1. The molecule has 0 aromatic heterocycles. The fraction of sp³-hybridized carbons (Fsp3) is 0.424. The summed E-state index contributed by atoms with van der Waals surface area (Å²) in [5.74, 6) is 4.52. The van der Waals surface area contributed by atoms with Crippen LogP contribution in [0.15, 0.2) is 66.7 Å². The lowest BCUT2D eigenvalue weighted by molar-refractivity contribution is 0.0628. The van der Waals surface area contributed by atoms with E-state index < -0.39 is 0 Å². The van der Waals surface area contributed by atoms with Gasteiger partial charge in [-0.15, -0.1) is 0 Å². The molecule has 8 rings (SSSR count). The van der Waals surface area contributed by atoms with Gasteiger partial charge in [0.25, 0.3) is 5.91 Å². The van der Waals surface area contributed by atoms with Crippen molar-refractivity contribution in [3.8, 4) is 11.5 Å². The van der Waals surface area contributed by atoms with Crippen LogP contribution in [0.2, 0.25) is 0 Å². The summed E-state index contributed by atoms with van der Waals surface area (Å²) in [5.41, 5.74) is 6.06. The Labute approximate surface area is 229 Å². The van der Waals surface area contributed by atoms with Gasteiger partial charge in [0.05, 0.1) is 6.04 Å². The standard InChI is InChI=1S/C33H35N3O3/c37-33(36-14-12-35(13-15-36)19-21-6-11-28-29(16-21)39-20-38-28)25-9-10-27-26(18-25)30-23-7-8-24(17-23)31(30)32(34-27)22-4-2-1-3-5-22/h1-6,9-11,16,18,23-24,30-32,34H,7-8,12-15,17,19-20H2/t23-,24-,30-,31+,32+/m0/s1. The first-order valence-corrected chi connectivity index (χ1v) is 14.6. The molecular formula is C33H35N3O3. The normalized spacial score (nSPS) is 28.6. The number of fused-ring (bicyclic) bond motifs is 8. The molecule has 3 heterocycles. The summed E-state index contributed by atoms with van der Waals surface area (Å²) in [6.45, 7) is 4.42. The smallest absolute Gasteiger partial charge is 0.253 e. The number of carbonyl (C=O) groups is 1. The SMILES string of the molecule is O=C(c1ccc2c(c1)[C@@H]1[C@H]3CC[C@@H](C3)[C@H]1[C@@H](c1ccccc1)N2)N1CCN(Cc2ccc3c(c2)OCO3)CC1. The number of piperazine rings is 1. The minimum Gasteiger partial charge on any atom is -0.454 e. The number of hydrogen-bond acceptors (Lipinski definition) is 5. The van der Waals surface area contributed by atoms with Crippen LogP contribution in [0.1, 0.15) is 58.3 Å². The maximum Gasteiger partial charge on any atom is 0.253 e. The van der Waals surface area contributed by atoms with E-state index in [1.165, 1.54) is 41.6 Å². The largest absolute Gasteiger partial charge is 0.454 e. The molecule has 0 spiro atoms. The van der Waals surface area contributed by atoms with Crippen molar-refractivity contribution in [2.45, 2.75) is 37.8 Å². The van der Waals surface area contributed by atoms with Gasteiger partial charge in [0.2, 0.25) is 6.79 Å². The van der Waals surface area contributed by atoms with E-state index in [1.54, 1.807) is 0 Å². The number of nitrogens with zero attached hydrogens (tertiary/aromatic N) is 2. The second-order valence-electron chi connectivity index (χ2n) is 12.0. The highest BCUT2D eigenvalue weighted by Gasteiger charge is 2.53. The molecule has 2 bridgehead atoms. The van der Waals surface area contributed by atoms with Crippen molar-refractivity contribution in [1.82, 2.24) is 9.80 Å². The number of nitrogens with one attached hydrogen (secondary N) is 1. The van der Waals surface area contributed by atoms with E-state index in [4.69, 9.17) is 9.47 Å². The number of ether oxygens (including phenoxy) is 2. The highest BCUT2D eigenvalue weighted by atomic mass is 16.7. The maximum absolute atomic E-state index is 13.7. The summed E-state index contributed by atoms with van der Waals surface area (Å²) in [5, 5.41) is 3.91. The fourth-order valence-corrected chi connectivity index (χ4v) is 8.20. The van der Waals surface area contributed by atoms with Gasteiger partial charge in [-0.05, 0) is 90.0 Å². The van der Waals surface area contributed by atoms with E-state index in [-0.39, 0.29) is 5.91 Å². The lowest BCUT2D eigenvalue weighted by atomic mass is 9.68. The molecule has 200 valence electrons. The Balaban J connectivity index is 0.983. The van der Waals surface area contributed by atoms with Crippen LogP contribution in [0.5, 0.6) is 11.5 Å². The molecule has 5 atom stereocenters. The summed E-state index contributed by atoms with van der Waals surface area (Å²) in [6.07, 6.45) is 4.01. The van der Waals surface area contributed by atoms with Crippen molar-refractivity contribution < 1.29 is 14.3 Å². The molecule has 39 heavy (non-hydrogen) atoms. The topological polar surface area (TPSA) is 54.0 Å². The van der Waals surface area contributed by atoms with Gasteiger partial charge >= 0.3 is 0 Å². The maximum atomic E-state index is 13.7. The highest BCUT2D eigenvalue weighted by molar-refractivity contribution is 5.95. The van der Waals surface area contributed by atoms with Gasteiger partial charge in [-0.2, -0.15) is 0 Å². The monoisotopic (exact) mass is 521 g/mol. The second kappa shape index (κ2) is 9.30. The van der Waals surface area contributed by atoms with E-state index >= 15 is 0 Å². The Morgan fingerprint density at radius 3 is 2.56 bits per heavy atom. The van der Waals surface area contributed by atoms with Crippen molar-refractivity contribution in [3.63, 3.8) is 0 Å². The number of carbonyl (C=O) groups excluding carboxylic acids is 1. The van der Waals surface area contributed by atoms with Crippen LogP contribution in [0.25, 0.3) is 0 Å². The number of hydrogen-bond donors (Lipinski definition) is 1. The number of amides is 1. The molecule has 5 aliphatic rings. The van der Waals surface area contributed by atoms with E-state index in [1.807, 2.05) is 17.0 Å². The second-order valence-corrected chi connectivity index (χ2v) is 12.0. The van der Waals surface area contributed by atoms with Crippen molar-refractivity contribution in [3.05, 3.63) is 89.0 Å². The average Bonchev–Trinajstić information content (AvgIpc) is 3.74. The van der Waals surface area contributed by atoms with Gasteiger partial charge in [0.1, 0.15) is 0 Å². The summed E-state index contributed by atoms with van der Waals surface area (Å²) < 4.78 is 11.0. The first-order chi connectivity index (χ1) is 19.2. The third-order valence-corrected chi connectivity index (χ3v) is 10.00. The molecule has 6 heteroatoms. The van der Waals surface area contributed by atoms with Crippen molar-refractivity contribution in [2.75, 3.05) is 38.3 Å². The third-order valence-electron chi connectivity index (χ3n) is 10.00. The molecule has 3 aromatic rings. The predicted molar refractivity (Wildman–Crippen MR) is 150 cm³/mol. The summed E-state index contributed by atoms with van der Waals surface area (Å²) in [6, 6.07) is 24.0. The van der Waals surface area contributed by atoms with Crippen molar-refractivity contribution in [2.24, 2.45) is 17.8 Å². The molecule has 1 amide bonds. The van der Waals surface area contributed by atoms with Crippen LogP contribution >= 0.6 is 0 Å². The first-order valence-electron chi connectivity index (χ1n) is 14.6. The van der Waals surface area contributed by atoms with Gasteiger partial charge < -0.3 is 19.7 Å². The van der Waals surface area contributed by atoms with Crippen LogP contribution < -0.4 is 14.8 Å². The zero-order valence-corrected chi connectivity index (χ0v) is 22.2. The molecule has 1 N–H and O–H groups in total. The van der Waals surface area contributed by atoms with E-state index in [9.17, 15) is 4.79 Å². The Morgan fingerprint density at radius 1 is 0.872 bits per heavy atom. The highest BCUT2D eigenvalue weighted by Crippen LogP contribution is 2.63. The number of benzene rings is 3. The van der Waals surface area contributed by atoms with Gasteiger partial charge in [-0.3, -0.25) is 9.69 Å². The summed E-state index contributed by atoms with van der Waals surface area (Å²) >= 11 is 0. The average molecular weight is 522 g/mol. The Morgan fingerprint density at radius 2 is 1.69 bits per heavy atom. The lowest BCUT2D eigenvalue weighted by Crippen LogP contribution is -2.48. The molecule has 3 fully saturated rings. The molecule has 6 nitrogen and oxygen atoms in total. The molecular weight excluding hydrogens is 486 g/mol. The number of anilines is 1. The minimum atomic E-state index is 0.172. The Bertz CT molecular complexity index is 1400. The molecule has 1 saturated heterocycles. The predicted octanol–water partition coefficient (Wildman–Crippen LogP) is 5.67. The molecule has 3 aromatic carbocycles. The quantitative estimate of drug-likeness (QED) is 0.480. The van der Waals surface area contributed by atoms with E-state index in [2.05, 4.69) is 64.8 Å². The van der Waals surface area contributed by atoms with E-state index in [0.717, 1.165) is 61.6 Å². The first kappa shape index (κ1) is 23.4. The fourth-order valence-electron chi connectivity index (χ4n) is 8.20. The minimum absolute atomic E-state index is 0.172. The van der Waals surface area contributed by atoms with Gasteiger partial charge in [-0.1, -0.05) is 36.4 Å². The molecule has 0 unspecified atom stereocenters. The van der Waals surface area contributed by atoms with Crippen LogP contribution in [0, 0.1) is 17.8 Å². The lowest BCUT2D eigenvalue weighted by Gasteiger charge is -2.43. The van der Waals surface area contributed by atoms with Gasteiger partial charge in [0.15, 0.2) is 11.5 Å². The Hall–Kier alpha value is -3.51. The van der Waals surface area contributed by atoms with Crippen molar-refractivity contribution >= 4 is 11.6 Å². The molecule has 0 radical (unpaired) electrons. The number of rotatable bonds is 4. The zero-order chi connectivity index (χ0) is 25.9. The van der Waals surface area contributed by atoms with Crippen LogP contribution in [0.3, 0.4) is 0 Å². The molecule has 2 saturated carbocycles. The van der Waals surface area contributed by atoms with Gasteiger partial charge in [0, 0.05) is 44.0 Å². The molecule has 3 aliphatic heterocycles. The van der Waals surface area contributed by atoms with Crippen LogP contribution in [-0.4, -0.2) is 48.7 Å². The zero-order valence-electron chi connectivity index (χ0n) is 22.2.